The second-order valence-corrected chi connectivity index (χ2v) is 8.22. The first-order valence-electron chi connectivity index (χ1n) is 10.5. The van der Waals surface area contributed by atoms with Crippen molar-refractivity contribution in [2.24, 2.45) is 0 Å². The molecule has 0 aliphatic carbocycles. The highest BCUT2D eigenvalue weighted by molar-refractivity contribution is 6.39. The van der Waals surface area contributed by atoms with E-state index in [2.05, 4.69) is 25.3 Å². The Morgan fingerprint density at radius 1 is 0.857 bits per heavy atom. The van der Waals surface area contributed by atoms with Crippen molar-refractivity contribution in [3.63, 3.8) is 0 Å². The number of halogens is 2. The lowest BCUT2D eigenvalue weighted by molar-refractivity contribution is 0.112. The van der Waals surface area contributed by atoms with E-state index < -0.39 is 0 Å². The van der Waals surface area contributed by atoms with E-state index in [1.165, 1.54) is 13.4 Å². The Morgan fingerprint density at radius 2 is 1.63 bits per heavy atom. The van der Waals surface area contributed by atoms with Crippen molar-refractivity contribution in [1.82, 2.24) is 19.9 Å². The highest BCUT2D eigenvalue weighted by Crippen LogP contribution is 2.42. The van der Waals surface area contributed by atoms with E-state index in [9.17, 15) is 4.79 Å². The monoisotopic (exact) mass is 501 g/mol. The van der Waals surface area contributed by atoms with Crippen LogP contribution in [-0.2, 0) is 0 Å². The summed E-state index contributed by atoms with van der Waals surface area (Å²) in [5.41, 5.74) is 5.06. The standard InChI is InChI=1S/C26H17Cl2N5O2/c1-35-26-15(13-34)10-11-19(33-26)18-7-2-5-16(22(18)27)17-6-3-8-20(23(17)28)32-25-24-21(30-14-31-25)9-4-12-29-24/h2-14H,1H3,(H,30,31,32). The number of fused-ring (bicyclic) bond motifs is 1. The molecule has 3 heterocycles. The average Bonchev–Trinajstić information content (AvgIpc) is 2.90. The molecular formula is C26H17Cl2N5O2. The van der Waals surface area contributed by atoms with Gasteiger partial charge in [0.05, 0.1) is 39.6 Å². The lowest BCUT2D eigenvalue weighted by Crippen LogP contribution is -1.99. The second kappa shape index (κ2) is 9.66. The van der Waals surface area contributed by atoms with Crippen molar-refractivity contribution >= 4 is 52.0 Å². The van der Waals surface area contributed by atoms with Gasteiger partial charge >= 0.3 is 0 Å². The molecule has 0 amide bonds. The Hall–Kier alpha value is -4.07. The Bertz CT molecular complexity index is 1570. The number of benzene rings is 2. The van der Waals surface area contributed by atoms with Crippen LogP contribution in [0.1, 0.15) is 10.4 Å². The zero-order chi connectivity index (χ0) is 24.4. The molecule has 35 heavy (non-hydrogen) atoms. The Morgan fingerprint density at radius 3 is 2.43 bits per heavy atom. The summed E-state index contributed by atoms with van der Waals surface area (Å²) in [5.74, 6) is 0.773. The SMILES string of the molecule is COc1nc(-c2cccc(-c3cccc(Nc4ncnc5cccnc45)c3Cl)c2Cl)ccc1C=O. The summed E-state index contributed by atoms with van der Waals surface area (Å²) in [5, 5.41) is 4.20. The fourth-order valence-electron chi connectivity index (χ4n) is 3.74. The molecule has 0 bridgehead atoms. The normalized spacial score (nSPS) is 10.8. The van der Waals surface area contributed by atoms with Gasteiger partial charge in [-0.2, -0.15) is 0 Å². The van der Waals surface area contributed by atoms with Crippen LogP contribution < -0.4 is 10.1 Å². The number of pyridine rings is 2. The number of nitrogens with one attached hydrogen (secondary N) is 1. The minimum absolute atomic E-state index is 0.230. The number of carbonyl (C=O) groups is 1. The van der Waals surface area contributed by atoms with E-state index in [0.717, 1.165) is 16.6 Å². The Kier molecular flexibility index (Phi) is 6.27. The van der Waals surface area contributed by atoms with Crippen LogP contribution in [0.3, 0.4) is 0 Å². The van der Waals surface area contributed by atoms with Crippen molar-refractivity contribution < 1.29 is 9.53 Å². The highest BCUT2D eigenvalue weighted by atomic mass is 35.5. The maximum absolute atomic E-state index is 11.2. The molecule has 0 aliphatic heterocycles. The van der Waals surface area contributed by atoms with Crippen LogP contribution >= 0.6 is 23.2 Å². The summed E-state index contributed by atoms with van der Waals surface area (Å²) >= 11 is 13.7. The molecule has 0 atom stereocenters. The van der Waals surface area contributed by atoms with E-state index >= 15 is 0 Å². The van der Waals surface area contributed by atoms with Gasteiger partial charge in [0.2, 0.25) is 5.88 Å². The first-order chi connectivity index (χ1) is 17.1. The van der Waals surface area contributed by atoms with E-state index in [4.69, 9.17) is 27.9 Å². The van der Waals surface area contributed by atoms with Crippen LogP contribution in [0.4, 0.5) is 11.5 Å². The number of rotatable bonds is 6. The van der Waals surface area contributed by atoms with Gasteiger partial charge in [-0.1, -0.05) is 53.5 Å². The van der Waals surface area contributed by atoms with Gasteiger partial charge in [-0.15, -0.1) is 0 Å². The number of anilines is 2. The first-order valence-corrected chi connectivity index (χ1v) is 11.3. The minimum atomic E-state index is 0.230. The van der Waals surface area contributed by atoms with Gasteiger partial charge in [0.1, 0.15) is 11.8 Å². The quantitative estimate of drug-likeness (QED) is 0.261. The number of aldehydes is 1. The predicted molar refractivity (Wildman–Crippen MR) is 138 cm³/mol. The Balaban J connectivity index is 1.57. The molecule has 5 rings (SSSR count). The molecular weight excluding hydrogens is 485 g/mol. The molecule has 3 aromatic heterocycles. The average molecular weight is 502 g/mol. The molecule has 0 spiro atoms. The summed E-state index contributed by atoms with van der Waals surface area (Å²) in [7, 11) is 1.46. The molecule has 172 valence electrons. The van der Waals surface area contributed by atoms with Gasteiger partial charge in [-0.05, 0) is 30.3 Å². The third-order valence-corrected chi connectivity index (χ3v) is 6.24. The van der Waals surface area contributed by atoms with Crippen molar-refractivity contribution in [2.75, 3.05) is 12.4 Å². The van der Waals surface area contributed by atoms with Crippen LogP contribution in [0.2, 0.25) is 10.0 Å². The van der Waals surface area contributed by atoms with E-state index in [1.807, 2.05) is 48.5 Å². The number of nitrogens with zero attached hydrogens (tertiary/aromatic N) is 4. The summed E-state index contributed by atoms with van der Waals surface area (Å²) < 4.78 is 5.24. The maximum Gasteiger partial charge on any atom is 0.224 e. The predicted octanol–water partition coefficient (Wildman–Crippen LogP) is 6.63. The van der Waals surface area contributed by atoms with Gasteiger partial charge in [-0.3, -0.25) is 9.78 Å². The lowest BCUT2D eigenvalue weighted by atomic mass is 10.00. The largest absolute Gasteiger partial charge is 0.480 e. The summed E-state index contributed by atoms with van der Waals surface area (Å²) in [4.78, 5) is 28.6. The molecule has 0 fully saturated rings. The van der Waals surface area contributed by atoms with Crippen molar-refractivity contribution in [3.05, 3.63) is 88.8 Å². The third-order valence-electron chi connectivity index (χ3n) is 5.42. The van der Waals surface area contributed by atoms with Crippen LogP contribution in [0.25, 0.3) is 33.4 Å². The van der Waals surface area contributed by atoms with E-state index in [0.29, 0.717) is 50.2 Å². The van der Waals surface area contributed by atoms with Crippen LogP contribution in [0, 0.1) is 0 Å². The molecule has 0 unspecified atom stereocenters. The van der Waals surface area contributed by atoms with Gasteiger partial charge in [0.15, 0.2) is 12.1 Å². The van der Waals surface area contributed by atoms with Crippen LogP contribution in [0.15, 0.2) is 73.2 Å². The van der Waals surface area contributed by atoms with Gasteiger partial charge in [0.25, 0.3) is 0 Å². The molecule has 7 nitrogen and oxygen atoms in total. The number of methoxy groups -OCH3 is 1. The first kappa shape index (κ1) is 22.7. The molecule has 0 saturated carbocycles. The van der Waals surface area contributed by atoms with Crippen LogP contribution in [-0.4, -0.2) is 33.3 Å². The van der Waals surface area contributed by atoms with E-state index in [-0.39, 0.29) is 5.88 Å². The van der Waals surface area contributed by atoms with Crippen molar-refractivity contribution in [3.8, 4) is 28.3 Å². The molecule has 0 radical (unpaired) electrons. The van der Waals surface area contributed by atoms with Crippen LogP contribution in [0.5, 0.6) is 5.88 Å². The molecule has 0 saturated heterocycles. The number of hydrogen-bond acceptors (Lipinski definition) is 7. The summed E-state index contributed by atoms with van der Waals surface area (Å²) in [6.45, 7) is 0. The van der Waals surface area contributed by atoms with Gasteiger partial charge in [0, 0.05) is 22.9 Å². The van der Waals surface area contributed by atoms with E-state index in [1.54, 1.807) is 18.3 Å². The lowest BCUT2D eigenvalue weighted by Gasteiger charge is -2.15. The molecule has 1 N–H and O–H groups in total. The minimum Gasteiger partial charge on any atom is -0.480 e. The van der Waals surface area contributed by atoms with Crippen molar-refractivity contribution in [1.29, 1.82) is 0 Å². The number of carbonyl (C=O) groups excluding carboxylic acids is 1. The molecule has 0 aliphatic rings. The topological polar surface area (TPSA) is 89.9 Å². The summed E-state index contributed by atoms with van der Waals surface area (Å²) in [6, 6.07) is 18.3. The smallest absolute Gasteiger partial charge is 0.224 e. The van der Waals surface area contributed by atoms with Crippen molar-refractivity contribution in [2.45, 2.75) is 0 Å². The molecule has 2 aromatic carbocycles. The number of ether oxygens (including phenoxy) is 1. The second-order valence-electron chi connectivity index (χ2n) is 7.47. The van der Waals surface area contributed by atoms with Gasteiger partial charge < -0.3 is 10.1 Å². The zero-order valence-corrected chi connectivity index (χ0v) is 19.9. The fourth-order valence-corrected chi connectivity index (χ4v) is 4.34. The maximum atomic E-state index is 11.2. The molecule has 9 heteroatoms. The Labute approximate surface area is 210 Å². The number of hydrogen-bond donors (Lipinski definition) is 1. The third kappa shape index (κ3) is 4.27. The summed E-state index contributed by atoms with van der Waals surface area (Å²) in [6.07, 6.45) is 3.86. The highest BCUT2D eigenvalue weighted by Gasteiger charge is 2.17. The van der Waals surface area contributed by atoms with Gasteiger partial charge in [-0.25, -0.2) is 15.0 Å². The number of aromatic nitrogens is 4. The zero-order valence-electron chi connectivity index (χ0n) is 18.4. The fraction of sp³-hybridized carbons (Fsp3) is 0.0385. The molecule has 5 aromatic rings.